The highest BCUT2D eigenvalue weighted by atomic mass is 32.2. The zero-order valence-electron chi connectivity index (χ0n) is 17.3. The van der Waals surface area contributed by atoms with Gasteiger partial charge in [-0.1, -0.05) is 17.7 Å². The molecule has 0 radical (unpaired) electrons. The predicted octanol–water partition coefficient (Wildman–Crippen LogP) is 3.09. The molecule has 0 spiro atoms. The summed E-state index contributed by atoms with van der Waals surface area (Å²) in [5.74, 6) is 0.631. The Balaban J connectivity index is 1.30. The van der Waals surface area contributed by atoms with Crippen LogP contribution in [-0.4, -0.2) is 44.8 Å². The van der Waals surface area contributed by atoms with E-state index >= 15 is 0 Å². The number of benzene rings is 1. The molecule has 0 unspecified atom stereocenters. The van der Waals surface area contributed by atoms with Gasteiger partial charge >= 0.3 is 0 Å². The van der Waals surface area contributed by atoms with Crippen LogP contribution in [0.3, 0.4) is 0 Å². The van der Waals surface area contributed by atoms with Gasteiger partial charge in [-0.25, -0.2) is 33.3 Å². The van der Waals surface area contributed by atoms with Crippen LogP contribution in [0.2, 0.25) is 0 Å². The molecule has 4 aromatic rings. The molecule has 0 saturated heterocycles. The molecule has 1 aromatic carbocycles. The van der Waals surface area contributed by atoms with Crippen LogP contribution in [0.5, 0.6) is 0 Å². The quantitative estimate of drug-likeness (QED) is 0.444. The second-order valence-electron chi connectivity index (χ2n) is 7.66. The van der Waals surface area contributed by atoms with Crippen LogP contribution in [0.15, 0.2) is 64.6 Å². The first-order valence-electron chi connectivity index (χ1n) is 10.1. The highest BCUT2D eigenvalue weighted by Crippen LogP contribution is 2.28. The highest BCUT2D eigenvalue weighted by molar-refractivity contribution is 7.93. The molecule has 10 heteroatoms. The Kier molecular flexibility index (Phi) is 5.50. The van der Waals surface area contributed by atoms with E-state index in [1.165, 1.54) is 17.7 Å². The molecule has 162 valence electrons. The molecular formula is C22H20N6O2S2. The van der Waals surface area contributed by atoms with Crippen molar-refractivity contribution in [2.24, 2.45) is 0 Å². The molecule has 1 aliphatic heterocycles. The van der Waals surface area contributed by atoms with E-state index in [2.05, 4.69) is 24.8 Å². The number of sulfone groups is 1. The van der Waals surface area contributed by atoms with Gasteiger partial charge in [-0.2, -0.15) is 0 Å². The molecule has 1 aliphatic rings. The third-order valence-electron chi connectivity index (χ3n) is 5.30. The van der Waals surface area contributed by atoms with E-state index in [-0.39, 0.29) is 9.24 Å². The Labute approximate surface area is 190 Å². The second-order valence-corrected chi connectivity index (χ2v) is 10.9. The van der Waals surface area contributed by atoms with Crippen molar-refractivity contribution in [1.82, 2.24) is 29.8 Å². The van der Waals surface area contributed by atoms with Crippen LogP contribution < -0.4 is 0 Å². The van der Waals surface area contributed by atoms with Gasteiger partial charge in [0, 0.05) is 61.3 Å². The first kappa shape index (κ1) is 20.8. The van der Waals surface area contributed by atoms with Crippen molar-refractivity contribution in [3.8, 4) is 11.4 Å². The highest BCUT2D eigenvalue weighted by Gasteiger charge is 2.24. The molecule has 0 atom stereocenters. The monoisotopic (exact) mass is 464 g/mol. The van der Waals surface area contributed by atoms with Crippen molar-refractivity contribution in [3.05, 3.63) is 77.1 Å². The van der Waals surface area contributed by atoms with Crippen LogP contribution >= 0.6 is 11.3 Å². The fourth-order valence-corrected chi connectivity index (χ4v) is 6.21. The lowest BCUT2D eigenvalue weighted by Crippen LogP contribution is -2.30. The summed E-state index contributed by atoms with van der Waals surface area (Å²) in [5, 5.41) is 0. The van der Waals surface area contributed by atoms with E-state index in [1.807, 2.05) is 13.1 Å². The summed E-state index contributed by atoms with van der Waals surface area (Å²) in [4.78, 5) is 24.9. The Bertz CT molecular complexity index is 1350. The Morgan fingerprint density at radius 1 is 1.03 bits per heavy atom. The molecule has 4 heterocycles. The van der Waals surface area contributed by atoms with E-state index in [0.29, 0.717) is 18.9 Å². The molecule has 0 saturated carbocycles. The molecule has 0 fully saturated rings. The lowest BCUT2D eigenvalue weighted by molar-refractivity contribution is 0.245. The number of fused-ring (bicyclic) bond motifs is 1. The van der Waals surface area contributed by atoms with Crippen molar-refractivity contribution in [2.75, 3.05) is 6.54 Å². The first-order valence-corrected chi connectivity index (χ1v) is 12.4. The number of nitrogens with zero attached hydrogens (tertiary/aromatic N) is 6. The number of hydrogen-bond donors (Lipinski definition) is 0. The SMILES string of the molecule is Cc1ccc(S(=O)(=O)c2ncc(CN3CCc4nc(-c5cncnc5)ncc4C3)s2)cc1. The Morgan fingerprint density at radius 3 is 2.59 bits per heavy atom. The minimum absolute atomic E-state index is 0.131. The first-order chi connectivity index (χ1) is 15.5. The second kappa shape index (κ2) is 8.45. The average molecular weight is 465 g/mol. The minimum Gasteiger partial charge on any atom is -0.293 e. The van der Waals surface area contributed by atoms with Gasteiger partial charge in [-0.3, -0.25) is 4.90 Å². The number of hydrogen-bond acceptors (Lipinski definition) is 9. The summed E-state index contributed by atoms with van der Waals surface area (Å²) < 4.78 is 25.9. The van der Waals surface area contributed by atoms with Gasteiger partial charge in [0.15, 0.2) is 5.82 Å². The van der Waals surface area contributed by atoms with E-state index in [4.69, 9.17) is 4.98 Å². The molecule has 5 rings (SSSR count). The van der Waals surface area contributed by atoms with Crippen LogP contribution in [0.4, 0.5) is 0 Å². The van der Waals surface area contributed by atoms with Gasteiger partial charge in [-0.15, -0.1) is 11.3 Å². The fraction of sp³-hybridized carbons (Fsp3) is 0.227. The van der Waals surface area contributed by atoms with E-state index in [1.54, 1.807) is 42.9 Å². The largest absolute Gasteiger partial charge is 0.293 e. The van der Waals surface area contributed by atoms with Gasteiger partial charge in [0.1, 0.15) is 6.33 Å². The van der Waals surface area contributed by atoms with Crippen LogP contribution in [-0.2, 0) is 29.3 Å². The molecule has 0 aliphatic carbocycles. The molecule has 0 amide bonds. The van der Waals surface area contributed by atoms with Crippen molar-refractivity contribution < 1.29 is 8.42 Å². The lowest BCUT2D eigenvalue weighted by atomic mass is 10.1. The molecule has 0 N–H and O–H groups in total. The molecule has 0 bridgehead atoms. The van der Waals surface area contributed by atoms with Gasteiger partial charge in [-0.05, 0) is 19.1 Å². The Morgan fingerprint density at radius 2 is 1.81 bits per heavy atom. The van der Waals surface area contributed by atoms with E-state index in [9.17, 15) is 8.42 Å². The maximum absolute atomic E-state index is 12.9. The number of aromatic nitrogens is 5. The Hall–Kier alpha value is -3.08. The minimum atomic E-state index is -3.60. The third-order valence-corrected chi connectivity index (χ3v) is 8.45. The number of rotatable bonds is 5. The van der Waals surface area contributed by atoms with Gasteiger partial charge in [0.25, 0.3) is 0 Å². The average Bonchev–Trinajstić information content (AvgIpc) is 3.29. The maximum Gasteiger partial charge on any atom is 0.233 e. The van der Waals surface area contributed by atoms with Crippen LogP contribution in [0.1, 0.15) is 21.7 Å². The lowest BCUT2D eigenvalue weighted by Gasteiger charge is -2.27. The van der Waals surface area contributed by atoms with Gasteiger partial charge in [0.05, 0.1) is 16.2 Å². The van der Waals surface area contributed by atoms with Crippen molar-refractivity contribution >= 4 is 21.2 Å². The van der Waals surface area contributed by atoms with Gasteiger partial charge in [0.2, 0.25) is 14.2 Å². The summed E-state index contributed by atoms with van der Waals surface area (Å²) in [5.41, 5.74) is 3.92. The molecule has 8 nitrogen and oxygen atoms in total. The van der Waals surface area contributed by atoms with Gasteiger partial charge < -0.3 is 0 Å². The van der Waals surface area contributed by atoms with E-state index in [0.717, 1.165) is 40.2 Å². The standard InChI is InChI=1S/C22H20N6O2S2/c1-15-2-4-19(5-3-15)32(29,30)22-26-11-18(31-22)13-28-7-6-20-17(12-28)10-25-21(27-20)16-8-23-14-24-9-16/h2-5,8-11,14H,6-7,12-13H2,1H3. The molecule has 32 heavy (non-hydrogen) atoms. The summed E-state index contributed by atoms with van der Waals surface area (Å²) in [6.07, 6.45) is 9.21. The summed E-state index contributed by atoms with van der Waals surface area (Å²) >= 11 is 1.23. The fourth-order valence-electron chi connectivity index (χ4n) is 3.59. The maximum atomic E-state index is 12.9. The smallest absolute Gasteiger partial charge is 0.233 e. The molecular weight excluding hydrogens is 444 g/mol. The molecule has 3 aromatic heterocycles. The van der Waals surface area contributed by atoms with Crippen molar-refractivity contribution in [2.45, 2.75) is 35.7 Å². The summed E-state index contributed by atoms with van der Waals surface area (Å²) in [6, 6.07) is 6.85. The number of aryl methyl sites for hydroxylation is 1. The number of thiazole rings is 1. The van der Waals surface area contributed by atoms with Crippen LogP contribution in [0.25, 0.3) is 11.4 Å². The van der Waals surface area contributed by atoms with Crippen molar-refractivity contribution in [3.63, 3.8) is 0 Å². The normalized spacial score (nSPS) is 14.3. The zero-order valence-corrected chi connectivity index (χ0v) is 19.0. The zero-order chi connectivity index (χ0) is 22.1. The summed E-state index contributed by atoms with van der Waals surface area (Å²) in [6.45, 7) is 4.09. The summed E-state index contributed by atoms with van der Waals surface area (Å²) in [7, 11) is -3.60. The third kappa shape index (κ3) is 4.16. The van der Waals surface area contributed by atoms with E-state index < -0.39 is 9.84 Å². The van der Waals surface area contributed by atoms with Crippen LogP contribution in [0, 0.1) is 6.92 Å². The predicted molar refractivity (Wildman–Crippen MR) is 120 cm³/mol. The topological polar surface area (TPSA) is 102 Å². The van der Waals surface area contributed by atoms with Crippen molar-refractivity contribution in [1.29, 1.82) is 0 Å².